The Morgan fingerprint density at radius 2 is 1.95 bits per heavy atom. The van der Waals surface area contributed by atoms with Crippen molar-refractivity contribution in [3.05, 3.63) is 59.7 Å². The number of halogens is 2. The first-order chi connectivity index (χ1) is 9.04. The van der Waals surface area contributed by atoms with Crippen molar-refractivity contribution in [1.82, 2.24) is 0 Å². The number of nitrogens with two attached hydrogens (primary N) is 1. The van der Waals surface area contributed by atoms with Gasteiger partial charge in [-0.3, -0.25) is 0 Å². The second-order valence-corrected chi connectivity index (χ2v) is 5.62. The zero-order chi connectivity index (χ0) is 13.8. The Hall–Kier alpha value is -1.39. The molecule has 1 nitrogen and oxygen atoms in total. The molecule has 100 valence electrons. The van der Waals surface area contributed by atoms with Gasteiger partial charge in [-0.1, -0.05) is 23.9 Å². The molecule has 1 unspecified atom stereocenters. The largest absolute Gasteiger partial charge is 0.328 e. The van der Waals surface area contributed by atoms with Gasteiger partial charge in [0.15, 0.2) is 0 Å². The van der Waals surface area contributed by atoms with E-state index in [0.717, 1.165) is 5.56 Å². The van der Waals surface area contributed by atoms with Crippen molar-refractivity contribution in [3.8, 4) is 0 Å². The van der Waals surface area contributed by atoms with E-state index in [1.165, 1.54) is 30.0 Å². The number of benzene rings is 2. The molecule has 2 rings (SSSR count). The molecule has 1 atom stereocenters. The van der Waals surface area contributed by atoms with Gasteiger partial charge in [0.25, 0.3) is 0 Å². The fraction of sp³-hybridized carbons (Fsp3) is 0.200. The van der Waals surface area contributed by atoms with E-state index < -0.39 is 0 Å². The lowest BCUT2D eigenvalue weighted by atomic mass is 10.1. The van der Waals surface area contributed by atoms with Gasteiger partial charge >= 0.3 is 0 Å². The minimum absolute atomic E-state index is 0.00104. The normalized spacial score (nSPS) is 12.4. The molecule has 2 aromatic carbocycles. The molecule has 0 amide bonds. The summed E-state index contributed by atoms with van der Waals surface area (Å²) in [6, 6.07) is 11.2. The third-order valence-electron chi connectivity index (χ3n) is 2.58. The molecule has 0 fully saturated rings. The number of rotatable bonds is 4. The second-order valence-electron chi connectivity index (χ2n) is 4.51. The minimum Gasteiger partial charge on any atom is -0.328 e. The van der Waals surface area contributed by atoms with Gasteiger partial charge in [0.2, 0.25) is 0 Å². The summed E-state index contributed by atoms with van der Waals surface area (Å²) >= 11 is 1.21. The van der Waals surface area contributed by atoms with Crippen molar-refractivity contribution < 1.29 is 8.78 Å². The van der Waals surface area contributed by atoms with Crippen molar-refractivity contribution in [2.75, 3.05) is 0 Å². The smallest absolute Gasteiger partial charge is 0.137 e. The molecule has 0 aliphatic heterocycles. The topological polar surface area (TPSA) is 26.0 Å². The Morgan fingerprint density at radius 1 is 1.16 bits per heavy atom. The molecule has 0 saturated carbocycles. The van der Waals surface area contributed by atoms with Gasteiger partial charge in [-0.05, 0) is 49.2 Å². The van der Waals surface area contributed by atoms with E-state index in [1.54, 1.807) is 18.2 Å². The maximum Gasteiger partial charge on any atom is 0.137 e. The highest BCUT2D eigenvalue weighted by molar-refractivity contribution is 7.99. The van der Waals surface area contributed by atoms with Gasteiger partial charge in [-0.25, -0.2) is 8.78 Å². The average molecular weight is 279 g/mol. The molecule has 0 radical (unpaired) electrons. The van der Waals surface area contributed by atoms with Gasteiger partial charge < -0.3 is 5.73 Å². The highest BCUT2D eigenvalue weighted by atomic mass is 32.2. The molecule has 0 aromatic heterocycles. The average Bonchev–Trinajstić information content (AvgIpc) is 2.32. The van der Waals surface area contributed by atoms with E-state index in [-0.39, 0.29) is 17.7 Å². The molecule has 0 bridgehead atoms. The Bertz CT molecular complexity index is 570. The van der Waals surface area contributed by atoms with E-state index in [0.29, 0.717) is 16.2 Å². The predicted molar refractivity (Wildman–Crippen MR) is 74.3 cm³/mol. The molecule has 0 aliphatic carbocycles. The number of hydrogen-bond donors (Lipinski definition) is 1. The minimum atomic E-state index is -0.320. The van der Waals surface area contributed by atoms with Crippen LogP contribution in [0.5, 0.6) is 0 Å². The Kier molecular flexibility index (Phi) is 4.56. The molecular weight excluding hydrogens is 264 g/mol. The van der Waals surface area contributed by atoms with E-state index in [4.69, 9.17) is 5.73 Å². The lowest BCUT2D eigenvalue weighted by molar-refractivity contribution is 0.597. The summed E-state index contributed by atoms with van der Waals surface area (Å²) in [5, 5.41) is 0. The van der Waals surface area contributed by atoms with Crippen LogP contribution >= 0.6 is 11.8 Å². The first kappa shape index (κ1) is 14.0. The SMILES string of the molecule is CC(N)Cc1ccc(Sc2cccc(F)c2)c(F)c1. The molecule has 0 aliphatic rings. The summed E-state index contributed by atoms with van der Waals surface area (Å²) in [7, 11) is 0. The van der Waals surface area contributed by atoms with Crippen LogP contribution in [0.1, 0.15) is 12.5 Å². The van der Waals surface area contributed by atoms with E-state index >= 15 is 0 Å². The molecule has 0 spiro atoms. The maximum absolute atomic E-state index is 13.9. The standard InChI is InChI=1S/C15H15F2NS/c1-10(18)7-11-5-6-15(14(17)8-11)19-13-4-2-3-12(16)9-13/h2-6,8-10H,7,18H2,1H3. The summed E-state index contributed by atoms with van der Waals surface area (Å²) in [5.74, 6) is -0.619. The molecular formula is C15H15F2NS. The van der Waals surface area contributed by atoms with Crippen molar-refractivity contribution in [3.63, 3.8) is 0 Å². The van der Waals surface area contributed by atoms with Crippen LogP contribution in [0.2, 0.25) is 0 Å². The summed E-state index contributed by atoms with van der Waals surface area (Å²) < 4.78 is 27.0. The Labute approximate surface area is 115 Å². The van der Waals surface area contributed by atoms with Crippen LogP contribution in [0.4, 0.5) is 8.78 Å². The summed E-state index contributed by atoms with van der Waals surface area (Å²) in [6.07, 6.45) is 0.641. The van der Waals surface area contributed by atoms with Gasteiger partial charge in [-0.15, -0.1) is 0 Å². The Balaban J connectivity index is 2.17. The number of hydrogen-bond acceptors (Lipinski definition) is 2. The monoisotopic (exact) mass is 279 g/mol. The third-order valence-corrected chi connectivity index (χ3v) is 3.62. The zero-order valence-corrected chi connectivity index (χ0v) is 11.4. The molecule has 0 heterocycles. The van der Waals surface area contributed by atoms with E-state index in [2.05, 4.69) is 0 Å². The summed E-state index contributed by atoms with van der Waals surface area (Å²) in [6.45, 7) is 1.88. The van der Waals surface area contributed by atoms with Crippen LogP contribution in [-0.4, -0.2) is 6.04 Å². The first-order valence-corrected chi connectivity index (χ1v) is 6.83. The van der Waals surface area contributed by atoms with Gasteiger partial charge in [0, 0.05) is 15.8 Å². The van der Waals surface area contributed by atoms with Crippen LogP contribution in [0.15, 0.2) is 52.3 Å². The van der Waals surface area contributed by atoms with Gasteiger partial charge in [-0.2, -0.15) is 0 Å². The van der Waals surface area contributed by atoms with Crippen LogP contribution in [-0.2, 0) is 6.42 Å². The van der Waals surface area contributed by atoms with E-state index in [1.807, 2.05) is 13.0 Å². The molecule has 2 aromatic rings. The van der Waals surface area contributed by atoms with Crippen LogP contribution in [0, 0.1) is 11.6 Å². The molecule has 0 saturated heterocycles. The summed E-state index contributed by atoms with van der Waals surface area (Å²) in [5.41, 5.74) is 6.55. The first-order valence-electron chi connectivity index (χ1n) is 6.02. The fourth-order valence-electron chi connectivity index (χ4n) is 1.78. The highest BCUT2D eigenvalue weighted by Crippen LogP contribution is 2.30. The van der Waals surface area contributed by atoms with Crippen LogP contribution < -0.4 is 5.73 Å². The Morgan fingerprint density at radius 3 is 2.58 bits per heavy atom. The fourth-order valence-corrected chi connectivity index (χ4v) is 2.65. The lowest BCUT2D eigenvalue weighted by Gasteiger charge is -2.08. The van der Waals surface area contributed by atoms with Crippen LogP contribution in [0.3, 0.4) is 0 Å². The maximum atomic E-state index is 13.9. The molecule has 4 heteroatoms. The van der Waals surface area contributed by atoms with Crippen molar-refractivity contribution in [1.29, 1.82) is 0 Å². The highest BCUT2D eigenvalue weighted by Gasteiger charge is 2.07. The van der Waals surface area contributed by atoms with Gasteiger partial charge in [0.05, 0.1) is 0 Å². The summed E-state index contributed by atoms with van der Waals surface area (Å²) in [4.78, 5) is 1.16. The quantitative estimate of drug-likeness (QED) is 0.915. The second kappa shape index (κ2) is 6.17. The molecule has 2 N–H and O–H groups in total. The molecule has 19 heavy (non-hydrogen) atoms. The van der Waals surface area contributed by atoms with Crippen molar-refractivity contribution >= 4 is 11.8 Å². The third kappa shape index (κ3) is 4.04. The van der Waals surface area contributed by atoms with E-state index in [9.17, 15) is 8.78 Å². The predicted octanol–water partition coefficient (Wildman–Crippen LogP) is 4.01. The van der Waals surface area contributed by atoms with Gasteiger partial charge in [0.1, 0.15) is 11.6 Å². The van der Waals surface area contributed by atoms with Crippen molar-refractivity contribution in [2.45, 2.75) is 29.2 Å². The lowest BCUT2D eigenvalue weighted by Crippen LogP contribution is -2.17. The van der Waals surface area contributed by atoms with Crippen LogP contribution in [0.25, 0.3) is 0 Å². The zero-order valence-electron chi connectivity index (χ0n) is 10.6. The van der Waals surface area contributed by atoms with Crippen molar-refractivity contribution in [2.24, 2.45) is 5.73 Å².